The van der Waals surface area contributed by atoms with Gasteiger partial charge in [0, 0.05) is 24.5 Å². The van der Waals surface area contributed by atoms with E-state index >= 15 is 0 Å². The summed E-state index contributed by atoms with van der Waals surface area (Å²) in [6, 6.07) is 4.13. The first-order valence-electron chi connectivity index (χ1n) is 6.88. The number of hydrogen-bond donors (Lipinski definition) is 2. The molecular weight excluding hydrogens is 238 g/mol. The molecule has 2 rings (SSSR count). The van der Waals surface area contributed by atoms with Crippen molar-refractivity contribution in [3.63, 3.8) is 0 Å². The van der Waals surface area contributed by atoms with Gasteiger partial charge in [-0.3, -0.25) is 4.79 Å². The number of nitrogens with one attached hydrogen (secondary N) is 1. The molecule has 0 spiro atoms. The third-order valence-electron chi connectivity index (χ3n) is 3.50. The minimum Gasteiger partial charge on any atom is -0.398 e. The molecule has 4 heteroatoms. The van der Waals surface area contributed by atoms with Crippen LogP contribution in [0.4, 0.5) is 11.4 Å². The quantitative estimate of drug-likeness (QED) is 0.811. The van der Waals surface area contributed by atoms with E-state index in [1.54, 1.807) is 0 Å². The average molecular weight is 261 g/mol. The van der Waals surface area contributed by atoms with Crippen molar-refractivity contribution < 1.29 is 4.79 Å². The molecule has 0 aliphatic carbocycles. The van der Waals surface area contributed by atoms with E-state index in [1.165, 1.54) is 5.56 Å². The number of nitrogens with two attached hydrogens (primary N) is 1. The van der Waals surface area contributed by atoms with Crippen molar-refractivity contribution >= 4 is 17.3 Å². The summed E-state index contributed by atoms with van der Waals surface area (Å²) < 4.78 is 0. The number of nitrogens with zero attached hydrogens (tertiary/aromatic N) is 1. The Hall–Kier alpha value is -1.71. The maximum Gasteiger partial charge on any atom is 0.239 e. The van der Waals surface area contributed by atoms with Gasteiger partial charge in [0.2, 0.25) is 5.91 Å². The van der Waals surface area contributed by atoms with Crippen LogP contribution in [0, 0.1) is 12.8 Å². The Morgan fingerprint density at radius 3 is 2.89 bits per heavy atom. The van der Waals surface area contributed by atoms with Crippen LogP contribution in [0.25, 0.3) is 0 Å². The lowest BCUT2D eigenvalue weighted by Crippen LogP contribution is -2.37. The van der Waals surface area contributed by atoms with Crippen molar-refractivity contribution in [1.82, 2.24) is 5.32 Å². The second-order valence-electron chi connectivity index (χ2n) is 5.71. The molecule has 0 atom stereocenters. The lowest BCUT2D eigenvalue weighted by molar-refractivity contribution is -0.119. The zero-order valence-electron chi connectivity index (χ0n) is 12.0. The summed E-state index contributed by atoms with van der Waals surface area (Å²) in [7, 11) is 0. The van der Waals surface area contributed by atoms with E-state index in [2.05, 4.69) is 30.1 Å². The molecule has 19 heavy (non-hydrogen) atoms. The molecule has 1 heterocycles. The summed E-state index contributed by atoms with van der Waals surface area (Å²) in [4.78, 5) is 14.0. The molecule has 0 bridgehead atoms. The van der Waals surface area contributed by atoms with Crippen molar-refractivity contribution in [2.75, 3.05) is 30.3 Å². The van der Waals surface area contributed by atoms with Crippen LogP contribution < -0.4 is 16.0 Å². The number of carbonyl (C=O) groups is 1. The number of aryl methyl sites for hydroxylation is 1. The van der Waals surface area contributed by atoms with Crippen LogP contribution in [0.5, 0.6) is 0 Å². The highest BCUT2D eigenvalue weighted by molar-refractivity contribution is 5.83. The number of amides is 1. The van der Waals surface area contributed by atoms with Crippen LogP contribution in [-0.2, 0) is 11.2 Å². The van der Waals surface area contributed by atoms with E-state index in [-0.39, 0.29) is 5.91 Å². The number of carbonyl (C=O) groups excluding carboxylic acids is 1. The van der Waals surface area contributed by atoms with Gasteiger partial charge < -0.3 is 16.0 Å². The molecule has 0 radical (unpaired) electrons. The zero-order valence-corrected chi connectivity index (χ0v) is 12.0. The monoisotopic (exact) mass is 261 g/mol. The van der Waals surface area contributed by atoms with Gasteiger partial charge in [-0.05, 0) is 36.5 Å². The molecule has 0 saturated carbocycles. The Kier molecular flexibility index (Phi) is 3.98. The Balaban J connectivity index is 2.02. The first-order chi connectivity index (χ1) is 8.97. The summed E-state index contributed by atoms with van der Waals surface area (Å²) in [6.45, 7) is 8.25. The lowest BCUT2D eigenvalue weighted by Gasteiger charge is -2.20. The van der Waals surface area contributed by atoms with Gasteiger partial charge in [0.25, 0.3) is 0 Å². The lowest BCUT2D eigenvalue weighted by atomic mass is 10.1. The van der Waals surface area contributed by atoms with Crippen LogP contribution in [0.2, 0.25) is 0 Å². The Morgan fingerprint density at radius 2 is 2.21 bits per heavy atom. The summed E-state index contributed by atoms with van der Waals surface area (Å²) in [5.41, 5.74) is 10.3. The molecule has 0 aromatic heterocycles. The Morgan fingerprint density at radius 1 is 1.47 bits per heavy atom. The van der Waals surface area contributed by atoms with Gasteiger partial charge >= 0.3 is 0 Å². The fraction of sp³-hybridized carbons (Fsp3) is 0.533. The van der Waals surface area contributed by atoms with Gasteiger partial charge in [-0.1, -0.05) is 19.9 Å². The molecule has 1 aliphatic heterocycles. The summed E-state index contributed by atoms with van der Waals surface area (Å²) >= 11 is 0. The predicted molar refractivity (Wildman–Crippen MR) is 79.4 cm³/mol. The fourth-order valence-corrected chi connectivity index (χ4v) is 2.35. The summed E-state index contributed by atoms with van der Waals surface area (Å²) in [6.07, 6.45) is 0.994. The first-order valence-corrected chi connectivity index (χ1v) is 6.88. The maximum atomic E-state index is 11.9. The van der Waals surface area contributed by atoms with Crippen LogP contribution >= 0.6 is 0 Å². The minimum absolute atomic E-state index is 0.0840. The Bertz CT molecular complexity index is 483. The van der Waals surface area contributed by atoms with Gasteiger partial charge in [0.05, 0.1) is 6.54 Å². The number of fused-ring (bicyclic) bond motifs is 1. The normalized spacial score (nSPS) is 13.8. The second kappa shape index (κ2) is 5.51. The van der Waals surface area contributed by atoms with Crippen LogP contribution in [0.1, 0.15) is 25.0 Å². The highest BCUT2D eigenvalue weighted by Crippen LogP contribution is 2.31. The molecule has 1 aliphatic rings. The first kappa shape index (κ1) is 13.7. The van der Waals surface area contributed by atoms with Crippen molar-refractivity contribution in [3.8, 4) is 0 Å². The van der Waals surface area contributed by atoms with E-state index in [9.17, 15) is 4.79 Å². The number of benzene rings is 1. The van der Waals surface area contributed by atoms with Crippen molar-refractivity contribution in [1.29, 1.82) is 0 Å². The van der Waals surface area contributed by atoms with E-state index in [0.29, 0.717) is 12.5 Å². The minimum atomic E-state index is 0.0840. The number of nitrogen functional groups attached to an aromatic ring is 1. The average Bonchev–Trinajstić information content (AvgIpc) is 2.70. The smallest absolute Gasteiger partial charge is 0.239 e. The van der Waals surface area contributed by atoms with Gasteiger partial charge in [0.15, 0.2) is 0 Å². The second-order valence-corrected chi connectivity index (χ2v) is 5.71. The topological polar surface area (TPSA) is 58.4 Å². The highest BCUT2D eigenvalue weighted by atomic mass is 16.2. The van der Waals surface area contributed by atoms with Crippen molar-refractivity contribution in [2.45, 2.75) is 27.2 Å². The summed E-state index contributed by atoms with van der Waals surface area (Å²) in [5.74, 6) is 0.564. The maximum absolute atomic E-state index is 11.9. The van der Waals surface area contributed by atoms with Crippen LogP contribution in [0.15, 0.2) is 12.1 Å². The number of anilines is 2. The predicted octanol–water partition coefficient (Wildman–Crippen LogP) is 1.71. The molecule has 0 unspecified atom stereocenters. The molecule has 4 nitrogen and oxygen atoms in total. The van der Waals surface area contributed by atoms with Gasteiger partial charge in [0.1, 0.15) is 0 Å². The zero-order chi connectivity index (χ0) is 14.0. The molecule has 1 aromatic rings. The SMILES string of the molecule is Cc1cc2c(cc1N)N(CC(=O)NCC(C)C)CC2. The molecular formula is C15H23N3O. The largest absolute Gasteiger partial charge is 0.398 e. The van der Waals surface area contributed by atoms with E-state index in [0.717, 1.165) is 36.4 Å². The van der Waals surface area contributed by atoms with Crippen LogP contribution in [-0.4, -0.2) is 25.5 Å². The molecule has 0 saturated heterocycles. The van der Waals surface area contributed by atoms with Crippen molar-refractivity contribution in [3.05, 3.63) is 23.3 Å². The van der Waals surface area contributed by atoms with Crippen LogP contribution in [0.3, 0.4) is 0 Å². The molecule has 3 N–H and O–H groups in total. The number of rotatable bonds is 4. The van der Waals surface area contributed by atoms with Gasteiger partial charge in [-0.25, -0.2) is 0 Å². The molecule has 0 fully saturated rings. The highest BCUT2D eigenvalue weighted by Gasteiger charge is 2.21. The third kappa shape index (κ3) is 3.19. The van der Waals surface area contributed by atoms with E-state index in [4.69, 9.17) is 5.73 Å². The standard InChI is InChI=1S/C15H23N3O/c1-10(2)8-17-15(19)9-18-5-4-12-6-11(3)13(16)7-14(12)18/h6-7,10H,4-5,8-9,16H2,1-3H3,(H,17,19). The van der Waals surface area contributed by atoms with Gasteiger partial charge in [-0.15, -0.1) is 0 Å². The molecule has 104 valence electrons. The third-order valence-corrected chi connectivity index (χ3v) is 3.50. The van der Waals surface area contributed by atoms with Crippen molar-refractivity contribution in [2.24, 2.45) is 5.92 Å². The molecule has 1 aromatic carbocycles. The Labute approximate surface area is 115 Å². The fourth-order valence-electron chi connectivity index (χ4n) is 2.35. The van der Waals surface area contributed by atoms with Gasteiger partial charge in [-0.2, -0.15) is 0 Å². The van der Waals surface area contributed by atoms with E-state index in [1.807, 2.05) is 13.0 Å². The molecule has 1 amide bonds. The summed E-state index contributed by atoms with van der Waals surface area (Å²) in [5, 5.41) is 2.95. The number of hydrogen-bond acceptors (Lipinski definition) is 3. The van der Waals surface area contributed by atoms with E-state index < -0.39 is 0 Å².